The molecule has 0 atom stereocenters. The first kappa shape index (κ1) is 10.5. The van der Waals surface area contributed by atoms with Crippen molar-refractivity contribution in [2.45, 2.75) is 12.8 Å². The molecule has 0 aromatic carbocycles. The number of likely N-dealkylation sites (N-methyl/N-ethyl adjacent to an activating group) is 1. The largest absolute Gasteiger partial charge is 0.311 e. The molecule has 0 amide bonds. The smallest absolute Gasteiger partial charge is 0.0202 e. The van der Waals surface area contributed by atoms with Gasteiger partial charge in [-0.25, -0.2) is 0 Å². The van der Waals surface area contributed by atoms with E-state index in [-0.39, 0.29) is 0 Å². The Labute approximate surface area is 81.3 Å². The Kier molecular flexibility index (Phi) is 4.79. The van der Waals surface area contributed by atoms with Gasteiger partial charge >= 0.3 is 0 Å². The summed E-state index contributed by atoms with van der Waals surface area (Å²) in [5.74, 6) is 0. The van der Waals surface area contributed by atoms with Crippen LogP contribution in [0.15, 0.2) is 23.8 Å². The maximum Gasteiger partial charge on any atom is 0.0202 e. The van der Waals surface area contributed by atoms with Gasteiger partial charge in [0.25, 0.3) is 0 Å². The van der Waals surface area contributed by atoms with Gasteiger partial charge < -0.3 is 10.2 Å². The number of hydrogen-bond donors (Lipinski definition) is 1. The lowest BCUT2D eigenvalue weighted by atomic mass is 10.1. The van der Waals surface area contributed by atoms with Crippen molar-refractivity contribution in [1.82, 2.24) is 10.2 Å². The summed E-state index contributed by atoms with van der Waals surface area (Å²) in [6.45, 7) is 3.19. The number of nitrogens with one attached hydrogen (secondary N) is 1. The van der Waals surface area contributed by atoms with Crippen LogP contribution in [-0.2, 0) is 0 Å². The van der Waals surface area contributed by atoms with Crippen molar-refractivity contribution in [3.63, 3.8) is 0 Å². The van der Waals surface area contributed by atoms with Crippen LogP contribution in [0.2, 0.25) is 0 Å². The summed E-state index contributed by atoms with van der Waals surface area (Å²) in [7, 11) is 4.20. The lowest BCUT2D eigenvalue weighted by Gasteiger charge is -2.11. The van der Waals surface area contributed by atoms with E-state index in [0.717, 1.165) is 19.6 Å². The third-order valence-electron chi connectivity index (χ3n) is 2.14. The van der Waals surface area contributed by atoms with Crippen molar-refractivity contribution in [3.05, 3.63) is 23.8 Å². The summed E-state index contributed by atoms with van der Waals surface area (Å²) in [5, 5.41) is 3.43. The highest BCUT2D eigenvalue weighted by Crippen LogP contribution is 2.07. The van der Waals surface area contributed by atoms with Crippen LogP contribution < -0.4 is 5.32 Å². The molecular formula is C11H20N2. The van der Waals surface area contributed by atoms with Crippen LogP contribution in [0, 0.1) is 0 Å². The van der Waals surface area contributed by atoms with E-state index in [2.05, 4.69) is 42.5 Å². The van der Waals surface area contributed by atoms with E-state index >= 15 is 0 Å². The van der Waals surface area contributed by atoms with Gasteiger partial charge in [-0.15, -0.1) is 0 Å². The molecule has 1 aliphatic carbocycles. The Bertz CT molecular complexity index is 192. The second-order valence-electron chi connectivity index (χ2n) is 3.74. The summed E-state index contributed by atoms with van der Waals surface area (Å²) in [6, 6.07) is 0. The molecule has 0 saturated heterocycles. The van der Waals surface area contributed by atoms with Crippen LogP contribution in [-0.4, -0.2) is 38.6 Å². The Morgan fingerprint density at radius 1 is 1.38 bits per heavy atom. The summed E-state index contributed by atoms with van der Waals surface area (Å²) in [4.78, 5) is 2.19. The predicted molar refractivity (Wildman–Crippen MR) is 57.9 cm³/mol. The van der Waals surface area contributed by atoms with Gasteiger partial charge in [-0.1, -0.05) is 18.2 Å². The number of hydrogen-bond acceptors (Lipinski definition) is 2. The molecule has 0 aromatic heterocycles. The van der Waals surface area contributed by atoms with Gasteiger partial charge in [-0.2, -0.15) is 0 Å². The number of rotatable bonds is 5. The minimum Gasteiger partial charge on any atom is -0.311 e. The highest BCUT2D eigenvalue weighted by atomic mass is 15.1. The zero-order chi connectivity index (χ0) is 9.52. The van der Waals surface area contributed by atoms with E-state index in [1.807, 2.05) is 0 Å². The SMILES string of the molecule is CN(C)CCNCC1=CCCC=C1. The van der Waals surface area contributed by atoms with Gasteiger partial charge in [0.1, 0.15) is 0 Å². The fraction of sp³-hybridized carbons (Fsp3) is 0.636. The molecule has 1 aliphatic rings. The molecule has 1 rings (SSSR count). The van der Waals surface area contributed by atoms with Gasteiger partial charge in [0.15, 0.2) is 0 Å². The van der Waals surface area contributed by atoms with Gasteiger partial charge in [-0.05, 0) is 32.5 Å². The summed E-state index contributed by atoms with van der Waals surface area (Å²) in [5.41, 5.74) is 1.44. The first-order valence-electron chi connectivity index (χ1n) is 5.00. The Morgan fingerprint density at radius 3 is 2.85 bits per heavy atom. The molecule has 0 aliphatic heterocycles. The Hall–Kier alpha value is -0.600. The molecule has 1 N–H and O–H groups in total. The minimum absolute atomic E-state index is 1.02. The van der Waals surface area contributed by atoms with Crippen LogP contribution >= 0.6 is 0 Å². The van der Waals surface area contributed by atoms with E-state index < -0.39 is 0 Å². The molecule has 0 bridgehead atoms. The first-order chi connectivity index (χ1) is 6.29. The Balaban J connectivity index is 2.05. The van der Waals surface area contributed by atoms with E-state index in [0.29, 0.717) is 0 Å². The van der Waals surface area contributed by atoms with E-state index in [1.54, 1.807) is 0 Å². The lowest BCUT2D eigenvalue weighted by molar-refractivity contribution is 0.403. The standard InChI is InChI=1S/C11H20N2/c1-13(2)9-8-12-10-11-6-4-3-5-7-11/h4,6-7,12H,3,5,8-10H2,1-2H3. The van der Waals surface area contributed by atoms with Gasteiger partial charge in [-0.3, -0.25) is 0 Å². The van der Waals surface area contributed by atoms with Gasteiger partial charge in [0.2, 0.25) is 0 Å². The van der Waals surface area contributed by atoms with Crippen molar-refractivity contribution in [1.29, 1.82) is 0 Å². The van der Waals surface area contributed by atoms with Crippen molar-refractivity contribution >= 4 is 0 Å². The lowest BCUT2D eigenvalue weighted by Crippen LogP contribution is -2.27. The molecule has 0 aromatic rings. The molecule has 2 heteroatoms. The third-order valence-corrected chi connectivity index (χ3v) is 2.14. The summed E-state index contributed by atoms with van der Waals surface area (Å²) in [6.07, 6.45) is 9.22. The van der Waals surface area contributed by atoms with Crippen LogP contribution in [0.4, 0.5) is 0 Å². The summed E-state index contributed by atoms with van der Waals surface area (Å²) < 4.78 is 0. The number of nitrogens with zero attached hydrogens (tertiary/aromatic N) is 1. The second-order valence-corrected chi connectivity index (χ2v) is 3.74. The normalized spacial score (nSPS) is 16.4. The minimum atomic E-state index is 1.02. The van der Waals surface area contributed by atoms with Crippen molar-refractivity contribution in [3.8, 4) is 0 Å². The van der Waals surface area contributed by atoms with Crippen LogP contribution in [0.5, 0.6) is 0 Å². The molecule has 0 heterocycles. The maximum atomic E-state index is 3.43. The van der Waals surface area contributed by atoms with Gasteiger partial charge in [0.05, 0.1) is 0 Å². The van der Waals surface area contributed by atoms with Gasteiger partial charge in [0, 0.05) is 19.6 Å². The van der Waals surface area contributed by atoms with Crippen molar-refractivity contribution in [2.24, 2.45) is 0 Å². The molecule has 0 spiro atoms. The zero-order valence-electron chi connectivity index (χ0n) is 8.71. The molecule has 13 heavy (non-hydrogen) atoms. The molecule has 0 saturated carbocycles. The zero-order valence-corrected chi connectivity index (χ0v) is 8.71. The van der Waals surface area contributed by atoms with Crippen LogP contribution in [0.1, 0.15) is 12.8 Å². The Morgan fingerprint density at radius 2 is 2.23 bits per heavy atom. The highest BCUT2D eigenvalue weighted by Gasteiger charge is 1.96. The molecule has 0 fully saturated rings. The molecule has 0 unspecified atom stereocenters. The van der Waals surface area contributed by atoms with Crippen molar-refractivity contribution in [2.75, 3.05) is 33.7 Å². The fourth-order valence-corrected chi connectivity index (χ4v) is 1.33. The molecular weight excluding hydrogens is 160 g/mol. The molecule has 2 nitrogen and oxygen atoms in total. The number of allylic oxidation sites excluding steroid dienone is 2. The monoisotopic (exact) mass is 180 g/mol. The van der Waals surface area contributed by atoms with Crippen molar-refractivity contribution < 1.29 is 0 Å². The predicted octanol–water partition coefficient (Wildman–Crippen LogP) is 1.41. The second kappa shape index (κ2) is 5.95. The van der Waals surface area contributed by atoms with Crippen LogP contribution in [0.3, 0.4) is 0 Å². The highest BCUT2D eigenvalue weighted by molar-refractivity contribution is 5.23. The fourth-order valence-electron chi connectivity index (χ4n) is 1.33. The average molecular weight is 180 g/mol. The molecule has 74 valence electrons. The third kappa shape index (κ3) is 4.86. The van der Waals surface area contributed by atoms with E-state index in [4.69, 9.17) is 0 Å². The first-order valence-corrected chi connectivity index (χ1v) is 5.00. The maximum absolute atomic E-state index is 3.43. The average Bonchev–Trinajstić information content (AvgIpc) is 2.14. The summed E-state index contributed by atoms with van der Waals surface area (Å²) >= 11 is 0. The quantitative estimate of drug-likeness (QED) is 0.644. The van der Waals surface area contributed by atoms with E-state index in [1.165, 1.54) is 18.4 Å². The molecule has 0 radical (unpaired) electrons. The van der Waals surface area contributed by atoms with E-state index in [9.17, 15) is 0 Å². The topological polar surface area (TPSA) is 15.3 Å². The van der Waals surface area contributed by atoms with Crippen LogP contribution in [0.25, 0.3) is 0 Å².